The average Bonchev–Trinajstić information content (AvgIpc) is 2.86. The Labute approximate surface area is 208 Å². The standard InChI is InChI=1S/C28H26N4O4/c1-4-24(27(35)30-20-15-13-19(14-16-20)17(2)33)32-25-12-8-7-11-23(25)31-26(28(32)36)21-9-5-6-10-22(21)29-18(3)34/h5-16,24H,4H2,1-3H3,(H,29,34)(H,30,35)/t24-/m1/s1. The van der Waals surface area contributed by atoms with Gasteiger partial charge >= 0.3 is 0 Å². The molecule has 0 aliphatic heterocycles. The van der Waals surface area contributed by atoms with Crippen LogP contribution in [0.5, 0.6) is 0 Å². The fraction of sp³-hybridized carbons (Fsp3) is 0.179. The van der Waals surface area contributed by atoms with Gasteiger partial charge in [-0.25, -0.2) is 4.98 Å². The molecule has 2 N–H and O–H groups in total. The number of fused-ring (bicyclic) bond motifs is 1. The van der Waals surface area contributed by atoms with Crippen molar-refractivity contribution in [1.82, 2.24) is 9.55 Å². The smallest absolute Gasteiger partial charge is 0.278 e. The van der Waals surface area contributed by atoms with Gasteiger partial charge < -0.3 is 10.6 Å². The van der Waals surface area contributed by atoms with E-state index in [0.717, 1.165) is 0 Å². The number of amides is 2. The zero-order valence-corrected chi connectivity index (χ0v) is 20.2. The number of Topliss-reactive ketones (excluding diaryl/α,β-unsaturated/α-hetero) is 1. The lowest BCUT2D eigenvalue weighted by Crippen LogP contribution is -2.34. The molecule has 1 heterocycles. The predicted octanol–water partition coefficient (Wildman–Crippen LogP) is 4.81. The summed E-state index contributed by atoms with van der Waals surface area (Å²) in [5.41, 5.74) is 2.74. The van der Waals surface area contributed by atoms with Gasteiger partial charge in [0.05, 0.1) is 16.7 Å². The number of anilines is 2. The largest absolute Gasteiger partial charge is 0.326 e. The summed E-state index contributed by atoms with van der Waals surface area (Å²) in [5, 5.41) is 5.61. The van der Waals surface area contributed by atoms with Gasteiger partial charge in [-0.2, -0.15) is 0 Å². The van der Waals surface area contributed by atoms with E-state index in [-0.39, 0.29) is 23.3 Å². The van der Waals surface area contributed by atoms with Crippen molar-refractivity contribution in [3.05, 3.63) is 88.7 Å². The Kier molecular flexibility index (Phi) is 7.05. The van der Waals surface area contributed by atoms with E-state index in [1.54, 1.807) is 66.7 Å². The second-order valence-corrected chi connectivity index (χ2v) is 8.40. The van der Waals surface area contributed by atoms with Crippen LogP contribution >= 0.6 is 0 Å². The molecular weight excluding hydrogens is 456 g/mol. The normalized spacial score (nSPS) is 11.6. The molecule has 36 heavy (non-hydrogen) atoms. The van der Waals surface area contributed by atoms with Gasteiger partial charge in [0.2, 0.25) is 11.8 Å². The van der Waals surface area contributed by atoms with Gasteiger partial charge in [0, 0.05) is 23.7 Å². The number of hydrogen-bond donors (Lipinski definition) is 2. The van der Waals surface area contributed by atoms with Crippen molar-refractivity contribution < 1.29 is 14.4 Å². The maximum atomic E-state index is 13.9. The van der Waals surface area contributed by atoms with Crippen LogP contribution in [0.1, 0.15) is 43.6 Å². The summed E-state index contributed by atoms with van der Waals surface area (Å²) in [6, 6.07) is 19.8. The molecule has 3 aromatic carbocycles. The lowest BCUT2D eigenvalue weighted by atomic mass is 10.1. The maximum Gasteiger partial charge on any atom is 0.278 e. The third kappa shape index (κ3) is 4.93. The van der Waals surface area contributed by atoms with Crippen molar-refractivity contribution in [2.45, 2.75) is 33.2 Å². The van der Waals surface area contributed by atoms with Gasteiger partial charge in [-0.15, -0.1) is 0 Å². The van der Waals surface area contributed by atoms with Crippen molar-refractivity contribution in [2.75, 3.05) is 10.6 Å². The highest BCUT2D eigenvalue weighted by atomic mass is 16.2. The van der Waals surface area contributed by atoms with E-state index >= 15 is 0 Å². The van der Waals surface area contributed by atoms with Crippen molar-refractivity contribution in [3.63, 3.8) is 0 Å². The van der Waals surface area contributed by atoms with Gasteiger partial charge in [-0.3, -0.25) is 23.7 Å². The first-order valence-corrected chi connectivity index (χ1v) is 11.6. The number of hydrogen-bond acceptors (Lipinski definition) is 5. The highest BCUT2D eigenvalue weighted by molar-refractivity contribution is 5.97. The Morgan fingerprint density at radius 2 is 1.56 bits per heavy atom. The molecule has 8 nitrogen and oxygen atoms in total. The minimum Gasteiger partial charge on any atom is -0.326 e. The third-order valence-electron chi connectivity index (χ3n) is 5.85. The van der Waals surface area contributed by atoms with Gasteiger partial charge in [0.25, 0.3) is 5.56 Å². The van der Waals surface area contributed by atoms with E-state index in [2.05, 4.69) is 15.6 Å². The molecule has 4 rings (SSSR count). The van der Waals surface area contributed by atoms with Crippen LogP contribution in [0.2, 0.25) is 0 Å². The van der Waals surface area contributed by atoms with Crippen LogP contribution in [-0.2, 0) is 9.59 Å². The fourth-order valence-electron chi connectivity index (χ4n) is 4.13. The molecule has 8 heteroatoms. The molecule has 182 valence electrons. The number of benzene rings is 3. The van der Waals surface area contributed by atoms with E-state index in [0.29, 0.717) is 40.0 Å². The molecule has 0 aliphatic rings. The summed E-state index contributed by atoms with van der Waals surface area (Å²) in [4.78, 5) is 55.2. The molecule has 0 radical (unpaired) electrons. The number of carbonyl (C=O) groups excluding carboxylic acids is 3. The number of ketones is 1. The lowest BCUT2D eigenvalue weighted by molar-refractivity contribution is -0.119. The number of aromatic nitrogens is 2. The summed E-state index contributed by atoms with van der Waals surface area (Å²) in [5.74, 6) is -0.709. The minimum atomic E-state index is -0.829. The van der Waals surface area contributed by atoms with E-state index < -0.39 is 11.6 Å². The Morgan fingerprint density at radius 1 is 0.889 bits per heavy atom. The molecule has 0 spiro atoms. The minimum absolute atomic E-state index is 0.0683. The molecule has 0 unspecified atom stereocenters. The van der Waals surface area contributed by atoms with E-state index in [4.69, 9.17) is 0 Å². The zero-order chi connectivity index (χ0) is 25.8. The molecule has 0 saturated carbocycles. The Morgan fingerprint density at radius 3 is 2.22 bits per heavy atom. The summed E-state index contributed by atoms with van der Waals surface area (Å²) < 4.78 is 1.46. The average molecular weight is 483 g/mol. The summed E-state index contributed by atoms with van der Waals surface area (Å²) in [6.45, 7) is 4.70. The highest BCUT2D eigenvalue weighted by Gasteiger charge is 2.25. The van der Waals surface area contributed by atoms with Crippen LogP contribution < -0.4 is 16.2 Å². The van der Waals surface area contributed by atoms with E-state index in [1.165, 1.54) is 18.4 Å². The topological polar surface area (TPSA) is 110 Å². The number of carbonyl (C=O) groups is 3. The molecule has 1 atom stereocenters. The summed E-state index contributed by atoms with van der Waals surface area (Å²) in [6.07, 6.45) is 0.345. The third-order valence-corrected chi connectivity index (χ3v) is 5.85. The fourth-order valence-corrected chi connectivity index (χ4v) is 4.13. The first-order valence-electron chi connectivity index (χ1n) is 11.6. The van der Waals surface area contributed by atoms with Gasteiger partial charge in [0.1, 0.15) is 11.7 Å². The number of rotatable bonds is 7. The second-order valence-electron chi connectivity index (χ2n) is 8.40. The highest BCUT2D eigenvalue weighted by Crippen LogP contribution is 2.27. The van der Waals surface area contributed by atoms with Crippen LogP contribution in [0.25, 0.3) is 22.3 Å². The molecule has 2 amide bonds. The van der Waals surface area contributed by atoms with Crippen LogP contribution in [-0.4, -0.2) is 27.1 Å². The molecular formula is C28H26N4O4. The van der Waals surface area contributed by atoms with E-state index in [1.807, 2.05) is 13.0 Å². The molecule has 0 fully saturated rings. The predicted molar refractivity (Wildman–Crippen MR) is 140 cm³/mol. The molecule has 0 saturated heterocycles. The van der Waals surface area contributed by atoms with Crippen molar-refractivity contribution in [3.8, 4) is 11.3 Å². The van der Waals surface area contributed by atoms with E-state index in [9.17, 15) is 19.2 Å². The van der Waals surface area contributed by atoms with Gasteiger partial charge in [-0.05, 0) is 55.8 Å². The first-order chi connectivity index (χ1) is 17.3. The molecule has 4 aromatic rings. The van der Waals surface area contributed by atoms with Crippen molar-refractivity contribution in [1.29, 1.82) is 0 Å². The van der Waals surface area contributed by atoms with Crippen LogP contribution in [0.4, 0.5) is 11.4 Å². The quantitative estimate of drug-likeness (QED) is 0.367. The van der Waals surface area contributed by atoms with Crippen molar-refractivity contribution >= 4 is 40.0 Å². The van der Waals surface area contributed by atoms with Crippen LogP contribution in [0.3, 0.4) is 0 Å². The summed E-state index contributed by atoms with van der Waals surface area (Å²) >= 11 is 0. The van der Waals surface area contributed by atoms with Gasteiger partial charge in [-0.1, -0.05) is 37.3 Å². The Bertz CT molecular complexity index is 1520. The number of nitrogens with zero attached hydrogens (tertiary/aromatic N) is 2. The summed E-state index contributed by atoms with van der Waals surface area (Å²) in [7, 11) is 0. The van der Waals surface area contributed by atoms with Crippen LogP contribution in [0.15, 0.2) is 77.6 Å². The monoisotopic (exact) mass is 482 g/mol. The number of para-hydroxylation sites is 3. The SMILES string of the molecule is CC[C@H](C(=O)Nc1ccc(C(C)=O)cc1)n1c(=O)c(-c2ccccc2NC(C)=O)nc2ccccc21. The first kappa shape index (κ1) is 24.5. The number of nitrogens with one attached hydrogen (secondary N) is 2. The molecule has 0 aliphatic carbocycles. The zero-order valence-electron chi connectivity index (χ0n) is 20.2. The Balaban J connectivity index is 1.83. The molecule has 0 bridgehead atoms. The second kappa shape index (κ2) is 10.4. The van der Waals surface area contributed by atoms with Crippen LogP contribution in [0, 0.1) is 0 Å². The van der Waals surface area contributed by atoms with Gasteiger partial charge in [0.15, 0.2) is 5.78 Å². The van der Waals surface area contributed by atoms with Crippen molar-refractivity contribution in [2.24, 2.45) is 0 Å². The molecule has 1 aromatic heterocycles. The maximum absolute atomic E-state index is 13.9. The Hall–Kier alpha value is -4.59. The lowest BCUT2D eigenvalue weighted by Gasteiger charge is -2.21.